The summed E-state index contributed by atoms with van der Waals surface area (Å²) in [5.74, 6) is -0.309. The minimum absolute atomic E-state index is 0.00337. The molecule has 0 saturated carbocycles. The summed E-state index contributed by atoms with van der Waals surface area (Å²) in [4.78, 5) is 29.6. The highest BCUT2D eigenvalue weighted by Gasteiger charge is 2.41. The molecule has 2 aromatic carbocycles. The summed E-state index contributed by atoms with van der Waals surface area (Å²) in [6, 6.07) is 12.2. The van der Waals surface area contributed by atoms with E-state index >= 15 is 0 Å². The van der Waals surface area contributed by atoms with Gasteiger partial charge in [0.25, 0.3) is 0 Å². The zero-order valence-electron chi connectivity index (χ0n) is 20.9. The molecule has 1 aliphatic rings. The number of nitrogens with zero attached hydrogens (tertiary/aromatic N) is 2. The second kappa shape index (κ2) is 11.0. The number of benzene rings is 2. The average molecular weight is 612 g/mol. The van der Waals surface area contributed by atoms with Crippen LogP contribution in [0.2, 0.25) is 0 Å². The summed E-state index contributed by atoms with van der Waals surface area (Å²) in [6.07, 6.45) is 1.11. The Bertz CT molecular complexity index is 1040. The maximum absolute atomic E-state index is 13.7. The summed E-state index contributed by atoms with van der Waals surface area (Å²) in [5.41, 5.74) is 0.869. The van der Waals surface area contributed by atoms with E-state index in [1.54, 1.807) is 21.9 Å². The number of hydrogen-bond donors (Lipinski definition) is 0. The molecule has 1 heterocycles. The Balaban J connectivity index is 1.81. The molecule has 8 heteroatoms. The first-order valence-corrected chi connectivity index (χ1v) is 13.3. The molecule has 35 heavy (non-hydrogen) atoms. The lowest BCUT2D eigenvalue weighted by Gasteiger charge is -2.43. The zero-order chi connectivity index (χ0) is 26.0. The van der Waals surface area contributed by atoms with E-state index in [9.17, 15) is 14.0 Å². The van der Waals surface area contributed by atoms with Crippen molar-refractivity contribution in [3.05, 3.63) is 68.4 Å². The highest BCUT2D eigenvalue weighted by molar-refractivity contribution is 9.11. The third kappa shape index (κ3) is 7.06. The molecule has 1 unspecified atom stereocenters. The number of likely N-dealkylation sites (tertiary alicyclic amines) is 1. The second-order valence-electron chi connectivity index (χ2n) is 10.3. The normalized spacial score (nSPS) is 16.5. The first-order valence-electron chi connectivity index (χ1n) is 11.8. The van der Waals surface area contributed by atoms with Gasteiger partial charge in [-0.25, -0.2) is 9.18 Å². The van der Waals surface area contributed by atoms with E-state index in [1.165, 1.54) is 12.1 Å². The number of carbonyl (C=O) groups excluding carboxylic acids is 2. The van der Waals surface area contributed by atoms with Crippen molar-refractivity contribution in [1.29, 1.82) is 0 Å². The zero-order valence-corrected chi connectivity index (χ0v) is 24.1. The number of halogens is 3. The highest BCUT2D eigenvalue weighted by Crippen LogP contribution is 2.40. The van der Waals surface area contributed by atoms with Gasteiger partial charge in [0.15, 0.2) is 0 Å². The van der Waals surface area contributed by atoms with Gasteiger partial charge in [-0.15, -0.1) is 0 Å². The number of amides is 2. The Kier molecular flexibility index (Phi) is 8.69. The molecule has 190 valence electrons. The smallest absolute Gasteiger partial charge is 0.410 e. The summed E-state index contributed by atoms with van der Waals surface area (Å²) < 4.78 is 21.1. The van der Waals surface area contributed by atoms with Crippen LogP contribution in [0.5, 0.6) is 0 Å². The Labute approximate surface area is 224 Å². The second-order valence-corrected chi connectivity index (χ2v) is 12.1. The van der Waals surface area contributed by atoms with Crippen molar-refractivity contribution < 1.29 is 18.7 Å². The Morgan fingerprint density at radius 2 is 1.63 bits per heavy atom. The molecule has 0 spiro atoms. The number of piperidine rings is 1. The van der Waals surface area contributed by atoms with E-state index in [1.807, 2.05) is 52.9 Å². The molecule has 1 saturated heterocycles. The van der Waals surface area contributed by atoms with Gasteiger partial charge in [0, 0.05) is 40.9 Å². The average Bonchev–Trinajstić information content (AvgIpc) is 2.77. The molecule has 5 nitrogen and oxygen atoms in total. The lowest BCUT2D eigenvalue weighted by molar-refractivity contribution is -0.133. The van der Waals surface area contributed by atoms with Gasteiger partial charge >= 0.3 is 6.09 Å². The van der Waals surface area contributed by atoms with E-state index < -0.39 is 11.0 Å². The summed E-state index contributed by atoms with van der Waals surface area (Å²) in [7, 11) is 1.82. The van der Waals surface area contributed by atoms with Crippen molar-refractivity contribution in [1.82, 2.24) is 9.80 Å². The third-order valence-corrected chi connectivity index (χ3v) is 7.58. The monoisotopic (exact) mass is 610 g/mol. The van der Waals surface area contributed by atoms with Crippen LogP contribution in [0.15, 0.2) is 51.4 Å². The third-order valence-electron chi connectivity index (χ3n) is 6.66. The van der Waals surface area contributed by atoms with Gasteiger partial charge in [-0.3, -0.25) is 4.79 Å². The van der Waals surface area contributed by atoms with Gasteiger partial charge in [0.1, 0.15) is 11.4 Å². The fourth-order valence-electron chi connectivity index (χ4n) is 4.48. The fraction of sp³-hybridized carbons (Fsp3) is 0.481. The van der Waals surface area contributed by atoms with E-state index in [0.717, 1.165) is 20.1 Å². The molecule has 1 fully saturated rings. The standard InChI is InChI=1S/C27H33Br2FN2O3/c1-18(19-14-21(28)16-22(29)15-19)31(5)24(33)17-27(20-6-8-23(30)9-7-20)10-12-32(13-11-27)25(34)35-26(2,3)4/h6-9,14-16,18H,10-13,17H2,1-5H3. The van der Waals surface area contributed by atoms with E-state index in [4.69, 9.17) is 4.74 Å². The topological polar surface area (TPSA) is 49.9 Å². The molecule has 0 radical (unpaired) electrons. The molecule has 2 amide bonds. The number of carbonyl (C=O) groups is 2. The van der Waals surface area contributed by atoms with Crippen LogP contribution in [0.1, 0.15) is 64.1 Å². The van der Waals surface area contributed by atoms with Crippen molar-refractivity contribution >= 4 is 43.9 Å². The first-order chi connectivity index (χ1) is 16.3. The van der Waals surface area contributed by atoms with Gasteiger partial charge < -0.3 is 14.5 Å². The van der Waals surface area contributed by atoms with Gasteiger partial charge in [0.2, 0.25) is 5.91 Å². The SMILES string of the molecule is CC(c1cc(Br)cc(Br)c1)N(C)C(=O)CC1(c2ccc(F)cc2)CCN(C(=O)OC(C)(C)C)CC1. The highest BCUT2D eigenvalue weighted by atomic mass is 79.9. The molecule has 0 aromatic heterocycles. The molecular weight excluding hydrogens is 579 g/mol. The van der Waals surface area contributed by atoms with Gasteiger partial charge in [-0.1, -0.05) is 44.0 Å². The van der Waals surface area contributed by atoms with Crippen LogP contribution in [-0.2, 0) is 14.9 Å². The van der Waals surface area contributed by atoms with E-state index in [2.05, 4.69) is 31.9 Å². The first kappa shape index (κ1) is 27.7. The summed E-state index contributed by atoms with van der Waals surface area (Å²) in [6.45, 7) is 8.47. The Morgan fingerprint density at radius 1 is 1.09 bits per heavy atom. The van der Waals surface area contributed by atoms with E-state index in [-0.39, 0.29) is 30.3 Å². The quantitative estimate of drug-likeness (QED) is 0.358. The number of hydrogen-bond acceptors (Lipinski definition) is 3. The molecule has 2 aromatic rings. The summed E-state index contributed by atoms with van der Waals surface area (Å²) >= 11 is 7.04. The van der Waals surface area contributed by atoms with Crippen molar-refractivity contribution in [2.45, 2.75) is 64.0 Å². The van der Waals surface area contributed by atoms with Crippen molar-refractivity contribution in [3.63, 3.8) is 0 Å². The molecule has 1 atom stereocenters. The minimum Gasteiger partial charge on any atom is -0.444 e. The minimum atomic E-state index is -0.571. The molecule has 0 N–H and O–H groups in total. The number of ether oxygens (including phenoxy) is 1. The molecule has 0 bridgehead atoms. The van der Waals surface area contributed by atoms with Crippen LogP contribution in [0.3, 0.4) is 0 Å². The predicted molar refractivity (Wildman–Crippen MR) is 143 cm³/mol. The lowest BCUT2D eigenvalue weighted by Crippen LogP contribution is -2.48. The maximum atomic E-state index is 13.7. The molecule has 1 aliphatic heterocycles. The van der Waals surface area contributed by atoms with Crippen molar-refractivity contribution in [2.75, 3.05) is 20.1 Å². The van der Waals surface area contributed by atoms with Crippen LogP contribution >= 0.6 is 31.9 Å². The largest absolute Gasteiger partial charge is 0.444 e. The van der Waals surface area contributed by atoms with Crippen molar-refractivity contribution in [2.24, 2.45) is 0 Å². The van der Waals surface area contributed by atoms with Crippen LogP contribution in [0.25, 0.3) is 0 Å². The maximum Gasteiger partial charge on any atom is 0.410 e. The van der Waals surface area contributed by atoms with Crippen LogP contribution in [-0.4, -0.2) is 47.5 Å². The lowest BCUT2D eigenvalue weighted by atomic mass is 9.70. The van der Waals surface area contributed by atoms with Gasteiger partial charge in [0.05, 0.1) is 6.04 Å². The fourth-order valence-corrected chi connectivity index (χ4v) is 5.81. The van der Waals surface area contributed by atoms with E-state index in [0.29, 0.717) is 25.9 Å². The Morgan fingerprint density at radius 3 is 2.14 bits per heavy atom. The van der Waals surface area contributed by atoms with Crippen LogP contribution < -0.4 is 0 Å². The predicted octanol–water partition coefficient (Wildman–Crippen LogP) is 7.23. The van der Waals surface area contributed by atoms with Crippen molar-refractivity contribution in [3.8, 4) is 0 Å². The number of rotatable bonds is 5. The Hall–Kier alpha value is -1.93. The van der Waals surface area contributed by atoms with Crippen LogP contribution in [0, 0.1) is 5.82 Å². The molecule has 3 rings (SSSR count). The summed E-state index contributed by atoms with van der Waals surface area (Å²) in [5, 5.41) is 0. The molecule has 0 aliphatic carbocycles. The van der Waals surface area contributed by atoms with Gasteiger partial charge in [-0.05, 0) is 82.0 Å². The van der Waals surface area contributed by atoms with Crippen LogP contribution in [0.4, 0.5) is 9.18 Å². The molecular formula is C27H33Br2FN2O3. The van der Waals surface area contributed by atoms with Gasteiger partial charge in [-0.2, -0.15) is 0 Å².